The molecule has 0 fully saturated rings. The second-order valence-corrected chi connectivity index (χ2v) is 7.43. The smallest absolute Gasteiger partial charge is 0.407 e. The lowest BCUT2D eigenvalue weighted by Crippen LogP contribution is -2.33. The number of amides is 1. The fourth-order valence-electron chi connectivity index (χ4n) is 3.26. The van der Waals surface area contributed by atoms with Crippen molar-refractivity contribution in [1.29, 1.82) is 0 Å². The van der Waals surface area contributed by atoms with Gasteiger partial charge in [-0.3, -0.25) is 0 Å². The Balaban J connectivity index is 1.86. The summed E-state index contributed by atoms with van der Waals surface area (Å²) in [4.78, 5) is 11.9. The maximum atomic E-state index is 11.9. The SMILES string of the molecule is Cc1c(CCNC(=O)OC(C)(C)C)c2ccccc2n1-c1ccccc1. The van der Waals surface area contributed by atoms with Crippen LogP contribution in [0.2, 0.25) is 0 Å². The number of alkyl carbamates (subject to hydrolysis) is 1. The van der Waals surface area contributed by atoms with E-state index >= 15 is 0 Å². The number of rotatable bonds is 4. The van der Waals surface area contributed by atoms with E-state index in [1.54, 1.807) is 0 Å². The predicted octanol–water partition coefficient (Wildman–Crippen LogP) is 5.01. The van der Waals surface area contributed by atoms with Gasteiger partial charge in [-0.15, -0.1) is 0 Å². The molecule has 0 unspecified atom stereocenters. The minimum Gasteiger partial charge on any atom is -0.444 e. The molecule has 0 aliphatic rings. The molecule has 1 amide bonds. The minimum absolute atomic E-state index is 0.373. The lowest BCUT2D eigenvalue weighted by atomic mass is 10.1. The highest BCUT2D eigenvalue weighted by atomic mass is 16.6. The quantitative estimate of drug-likeness (QED) is 0.719. The molecule has 2 aromatic carbocycles. The third-order valence-corrected chi connectivity index (χ3v) is 4.30. The summed E-state index contributed by atoms with van der Waals surface area (Å²) in [6, 6.07) is 18.7. The molecule has 0 spiro atoms. The summed E-state index contributed by atoms with van der Waals surface area (Å²) in [7, 11) is 0. The Labute approximate surface area is 154 Å². The monoisotopic (exact) mass is 350 g/mol. The van der Waals surface area contributed by atoms with Crippen LogP contribution in [0, 0.1) is 6.92 Å². The molecular weight excluding hydrogens is 324 g/mol. The molecule has 3 aromatic rings. The predicted molar refractivity (Wildman–Crippen MR) is 106 cm³/mol. The second kappa shape index (κ2) is 7.24. The summed E-state index contributed by atoms with van der Waals surface area (Å²) in [5.41, 5.74) is 4.29. The van der Waals surface area contributed by atoms with E-state index < -0.39 is 5.60 Å². The zero-order chi connectivity index (χ0) is 18.7. The number of para-hydroxylation sites is 2. The van der Waals surface area contributed by atoms with Crippen LogP contribution in [0.15, 0.2) is 54.6 Å². The zero-order valence-corrected chi connectivity index (χ0v) is 15.9. The molecule has 1 heterocycles. The highest BCUT2D eigenvalue weighted by Gasteiger charge is 2.17. The molecule has 0 radical (unpaired) electrons. The van der Waals surface area contributed by atoms with E-state index in [-0.39, 0.29) is 6.09 Å². The first-order valence-electron chi connectivity index (χ1n) is 8.98. The summed E-state index contributed by atoms with van der Waals surface area (Å²) in [6.45, 7) is 8.27. The van der Waals surface area contributed by atoms with E-state index in [0.717, 1.165) is 12.1 Å². The summed E-state index contributed by atoms with van der Waals surface area (Å²) < 4.78 is 7.59. The van der Waals surface area contributed by atoms with Gasteiger partial charge in [0, 0.05) is 23.3 Å². The first kappa shape index (κ1) is 18.1. The molecule has 4 nitrogen and oxygen atoms in total. The van der Waals surface area contributed by atoms with E-state index in [9.17, 15) is 4.79 Å². The first-order valence-corrected chi connectivity index (χ1v) is 8.98. The molecule has 0 saturated carbocycles. The maximum Gasteiger partial charge on any atom is 0.407 e. The number of ether oxygens (including phenoxy) is 1. The van der Waals surface area contributed by atoms with Crippen molar-refractivity contribution in [1.82, 2.24) is 9.88 Å². The second-order valence-electron chi connectivity index (χ2n) is 7.43. The van der Waals surface area contributed by atoms with Gasteiger partial charge in [-0.1, -0.05) is 36.4 Å². The van der Waals surface area contributed by atoms with Crippen LogP contribution >= 0.6 is 0 Å². The molecule has 0 atom stereocenters. The standard InChI is InChI=1S/C22H26N2O2/c1-16-18(14-15-23-21(25)26-22(2,3)4)19-12-8-9-13-20(19)24(16)17-10-6-5-7-11-17/h5-13H,14-15H2,1-4H3,(H,23,25). The fraction of sp³-hybridized carbons (Fsp3) is 0.318. The number of aromatic nitrogens is 1. The van der Waals surface area contributed by atoms with E-state index in [0.29, 0.717) is 6.54 Å². The van der Waals surface area contributed by atoms with Crippen molar-refractivity contribution in [3.63, 3.8) is 0 Å². The van der Waals surface area contributed by atoms with Crippen LogP contribution in [0.25, 0.3) is 16.6 Å². The molecule has 26 heavy (non-hydrogen) atoms. The third-order valence-electron chi connectivity index (χ3n) is 4.30. The first-order chi connectivity index (χ1) is 12.4. The molecule has 3 rings (SSSR count). The Bertz CT molecular complexity index is 905. The Morgan fingerprint density at radius 3 is 2.38 bits per heavy atom. The molecular formula is C22H26N2O2. The fourth-order valence-corrected chi connectivity index (χ4v) is 3.26. The molecule has 0 bridgehead atoms. The van der Waals surface area contributed by atoms with Crippen molar-refractivity contribution in [2.24, 2.45) is 0 Å². The van der Waals surface area contributed by atoms with Gasteiger partial charge < -0.3 is 14.6 Å². The van der Waals surface area contributed by atoms with Crippen LogP contribution in [0.1, 0.15) is 32.0 Å². The van der Waals surface area contributed by atoms with Gasteiger partial charge in [0.05, 0.1) is 5.52 Å². The van der Waals surface area contributed by atoms with Crippen molar-refractivity contribution in [2.75, 3.05) is 6.54 Å². The van der Waals surface area contributed by atoms with Crippen LogP contribution in [0.4, 0.5) is 4.79 Å². The Hall–Kier alpha value is -2.75. The van der Waals surface area contributed by atoms with Gasteiger partial charge in [-0.2, -0.15) is 0 Å². The summed E-state index contributed by atoms with van der Waals surface area (Å²) in [5.74, 6) is 0. The van der Waals surface area contributed by atoms with Crippen molar-refractivity contribution in [3.8, 4) is 5.69 Å². The number of benzene rings is 2. The minimum atomic E-state index is -0.483. The zero-order valence-electron chi connectivity index (χ0n) is 15.9. The number of fused-ring (bicyclic) bond motifs is 1. The van der Waals surface area contributed by atoms with Gasteiger partial charge in [-0.05, 0) is 57.9 Å². The van der Waals surface area contributed by atoms with Crippen LogP contribution in [-0.4, -0.2) is 22.8 Å². The number of carbonyl (C=O) groups excluding carboxylic acids is 1. The van der Waals surface area contributed by atoms with Crippen LogP contribution in [0.5, 0.6) is 0 Å². The average Bonchev–Trinajstić information content (AvgIpc) is 2.86. The highest BCUT2D eigenvalue weighted by Crippen LogP contribution is 2.29. The third kappa shape index (κ3) is 3.90. The largest absolute Gasteiger partial charge is 0.444 e. The number of nitrogens with one attached hydrogen (secondary N) is 1. The summed E-state index contributed by atoms with van der Waals surface area (Å²) in [5, 5.41) is 4.08. The van der Waals surface area contributed by atoms with Crippen LogP contribution in [-0.2, 0) is 11.2 Å². The lowest BCUT2D eigenvalue weighted by molar-refractivity contribution is 0.0528. The van der Waals surface area contributed by atoms with Gasteiger partial charge in [0.1, 0.15) is 5.60 Å². The molecule has 1 N–H and O–H groups in total. The molecule has 1 aromatic heterocycles. The normalized spacial score (nSPS) is 11.5. The number of nitrogens with zero attached hydrogens (tertiary/aromatic N) is 1. The summed E-state index contributed by atoms with van der Waals surface area (Å²) >= 11 is 0. The van der Waals surface area contributed by atoms with Gasteiger partial charge in [0.15, 0.2) is 0 Å². The number of carbonyl (C=O) groups is 1. The Morgan fingerprint density at radius 2 is 1.69 bits per heavy atom. The van der Waals surface area contributed by atoms with E-state index in [4.69, 9.17) is 4.74 Å². The topological polar surface area (TPSA) is 43.3 Å². The van der Waals surface area contributed by atoms with E-state index in [1.165, 1.54) is 22.2 Å². The van der Waals surface area contributed by atoms with Crippen LogP contribution in [0.3, 0.4) is 0 Å². The molecule has 136 valence electrons. The Morgan fingerprint density at radius 1 is 1.04 bits per heavy atom. The van der Waals surface area contributed by atoms with Crippen molar-refractivity contribution in [3.05, 3.63) is 65.9 Å². The number of hydrogen-bond acceptors (Lipinski definition) is 2. The average molecular weight is 350 g/mol. The Kier molecular flexibility index (Phi) is 5.03. The van der Waals surface area contributed by atoms with Crippen molar-refractivity contribution in [2.45, 2.75) is 39.7 Å². The molecule has 0 saturated heterocycles. The van der Waals surface area contributed by atoms with Crippen molar-refractivity contribution >= 4 is 17.0 Å². The molecule has 0 aliphatic heterocycles. The van der Waals surface area contributed by atoms with Gasteiger partial charge in [-0.25, -0.2) is 4.79 Å². The molecule has 4 heteroatoms. The summed E-state index contributed by atoms with van der Waals surface area (Å²) in [6.07, 6.45) is 0.382. The molecule has 0 aliphatic carbocycles. The van der Waals surface area contributed by atoms with Gasteiger partial charge in [0.25, 0.3) is 0 Å². The lowest BCUT2D eigenvalue weighted by Gasteiger charge is -2.19. The van der Waals surface area contributed by atoms with Gasteiger partial charge in [0.2, 0.25) is 0 Å². The van der Waals surface area contributed by atoms with Crippen LogP contribution < -0.4 is 5.32 Å². The highest BCUT2D eigenvalue weighted by molar-refractivity contribution is 5.87. The maximum absolute atomic E-state index is 11.9. The van der Waals surface area contributed by atoms with E-state index in [2.05, 4.69) is 53.2 Å². The van der Waals surface area contributed by atoms with E-state index in [1.807, 2.05) is 39.0 Å². The van der Waals surface area contributed by atoms with Gasteiger partial charge >= 0.3 is 6.09 Å². The van der Waals surface area contributed by atoms with Crippen molar-refractivity contribution < 1.29 is 9.53 Å². The number of hydrogen-bond donors (Lipinski definition) is 1.